The van der Waals surface area contributed by atoms with E-state index in [0.29, 0.717) is 11.1 Å². The number of carboxylic acids is 1. The van der Waals surface area contributed by atoms with Crippen LogP contribution in [0.5, 0.6) is 0 Å². The Morgan fingerprint density at radius 3 is 2.44 bits per heavy atom. The van der Waals surface area contributed by atoms with Gasteiger partial charge in [-0.15, -0.1) is 0 Å². The van der Waals surface area contributed by atoms with Gasteiger partial charge in [-0.05, 0) is 66.5 Å². The molecule has 0 aromatic heterocycles. The molecule has 1 aliphatic carbocycles. The molecule has 172 valence electrons. The van der Waals surface area contributed by atoms with E-state index in [1.807, 2.05) is 6.07 Å². The molecule has 0 heterocycles. The van der Waals surface area contributed by atoms with Gasteiger partial charge in [0, 0.05) is 6.42 Å². The zero-order chi connectivity index (χ0) is 23.5. The number of benzene rings is 2. The summed E-state index contributed by atoms with van der Waals surface area (Å²) in [5.74, 6) is -5.13. The van der Waals surface area contributed by atoms with Gasteiger partial charge >= 0.3 is 12.1 Å². The Bertz CT molecular complexity index is 1010. The van der Waals surface area contributed by atoms with Gasteiger partial charge in [0.05, 0.1) is 22.5 Å². The van der Waals surface area contributed by atoms with Gasteiger partial charge in [-0.2, -0.15) is 13.2 Å². The van der Waals surface area contributed by atoms with E-state index in [0.717, 1.165) is 43.7 Å². The van der Waals surface area contributed by atoms with Gasteiger partial charge in [-0.3, -0.25) is 9.59 Å². The Kier molecular flexibility index (Phi) is 7.49. The normalized spacial score (nSPS) is 15.5. The average Bonchev–Trinajstić information content (AvgIpc) is 2.73. The van der Waals surface area contributed by atoms with Crippen LogP contribution in [0.1, 0.15) is 54.4 Å². The first kappa shape index (κ1) is 24.1. The second-order valence-electron chi connectivity index (χ2n) is 8.24. The summed E-state index contributed by atoms with van der Waals surface area (Å²) >= 11 is 6.16. The largest absolute Gasteiger partial charge is 0.481 e. The number of rotatable bonds is 7. The molecule has 2 N–H and O–H groups in total. The van der Waals surface area contributed by atoms with Gasteiger partial charge in [0.2, 0.25) is 5.91 Å². The number of carbonyl (C=O) groups is 2. The number of hydrogen-bond acceptors (Lipinski definition) is 2. The average molecular weight is 468 g/mol. The van der Waals surface area contributed by atoms with Crippen LogP contribution in [0.25, 0.3) is 0 Å². The van der Waals surface area contributed by atoms with E-state index in [1.165, 1.54) is 12.1 Å². The van der Waals surface area contributed by atoms with Crippen LogP contribution in [-0.2, 0) is 28.9 Å². The lowest BCUT2D eigenvalue weighted by Gasteiger charge is -2.27. The Morgan fingerprint density at radius 2 is 1.78 bits per heavy atom. The number of hydrogen-bond donors (Lipinski definition) is 2. The first-order chi connectivity index (χ1) is 15.1. The monoisotopic (exact) mass is 467 g/mol. The van der Waals surface area contributed by atoms with E-state index in [2.05, 4.69) is 5.32 Å². The summed E-state index contributed by atoms with van der Waals surface area (Å²) in [6.45, 7) is 1.01. The maximum Gasteiger partial charge on any atom is 0.392 e. The number of anilines is 1. The topological polar surface area (TPSA) is 66.4 Å². The maximum atomic E-state index is 13.7. The minimum atomic E-state index is -4.56. The van der Waals surface area contributed by atoms with Crippen LogP contribution in [0.3, 0.4) is 0 Å². The van der Waals surface area contributed by atoms with Gasteiger partial charge in [0.1, 0.15) is 0 Å². The molecular weight excluding hydrogens is 443 g/mol. The van der Waals surface area contributed by atoms with Crippen LogP contribution in [0.15, 0.2) is 36.4 Å². The molecule has 0 bridgehead atoms. The second kappa shape index (κ2) is 9.94. The second-order valence-corrected chi connectivity index (χ2v) is 8.65. The van der Waals surface area contributed by atoms with Crippen molar-refractivity contribution < 1.29 is 27.9 Å². The highest BCUT2D eigenvalue weighted by atomic mass is 35.5. The Balaban J connectivity index is 1.91. The van der Waals surface area contributed by atoms with Crippen molar-refractivity contribution in [1.82, 2.24) is 0 Å². The molecule has 3 rings (SSSR count). The minimum Gasteiger partial charge on any atom is -0.481 e. The van der Waals surface area contributed by atoms with Gasteiger partial charge in [-0.25, -0.2) is 0 Å². The summed E-state index contributed by atoms with van der Waals surface area (Å²) in [6, 6.07) is 9.79. The predicted molar refractivity (Wildman–Crippen MR) is 117 cm³/mol. The summed E-state index contributed by atoms with van der Waals surface area (Å²) in [5.41, 5.74) is 3.21. The summed E-state index contributed by atoms with van der Waals surface area (Å²) in [6.07, 6.45) is -0.770. The van der Waals surface area contributed by atoms with Crippen LogP contribution in [0.2, 0.25) is 5.02 Å². The number of aryl methyl sites for hydroxylation is 3. The van der Waals surface area contributed by atoms with Crippen molar-refractivity contribution in [1.29, 1.82) is 0 Å². The van der Waals surface area contributed by atoms with Crippen molar-refractivity contribution in [3.8, 4) is 0 Å². The fourth-order valence-corrected chi connectivity index (χ4v) is 4.25. The van der Waals surface area contributed by atoms with E-state index in [4.69, 9.17) is 16.7 Å². The third-order valence-corrected chi connectivity index (χ3v) is 6.28. The number of aliphatic carboxylic acids is 1. The van der Waals surface area contributed by atoms with E-state index in [-0.39, 0.29) is 23.6 Å². The highest BCUT2D eigenvalue weighted by Crippen LogP contribution is 2.39. The van der Waals surface area contributed by atoms with Crippen molar-refractivity contribution in [3.63, 3.8) is 0 Å². The molecule has 0 aliphatic heterocycles. The number of nitrogens with one attached hydrogen (secondary N) is 1. The molecule has 2 atom stereocenters. The molecule has 4 nitrogen and oxygen atoms in total. The molecule has 32 heavy (non-hydrogen) atoms. The fraction of sp³-hybridized carbons (Fsp3) is 0.417. The van der Waals surface area contributed by atoms with Crippen molar-refractivity contribution in [3.05, 3.63) is 63.7 Å². The van der Waals surface area contributed by atoms with Gasteiger partial charge in [0.15, 0.2) is 0 Å². The van der Waals surface area contributed by atoms with Crippen molar-refractivity contribution in [2.45, 2.75) is 57.5 Å². The van der Waals surface area contributed by atoms with E-state index in [1.54, 1.807) is 18.2 Å². The third kappa shape index (κ3) is 5.82. The lowest BCUT2D eigenvalue weighted by molar-refractivity contribution is -0.178. The van der Waals surface area contributed by atoms with Gasteiger partial charge < -0.3 is 10.4 Å². The summed E-state index contributed by atoms with van der Waals surface area (Å²) in [7, 11) is 0. The summed E-state index contributed by atoms with van der Waals surface area (Å²) in [4.78, 5) is 24.0. The van der Waals surface area contributed by atoms with Crippen molar-refractivity contribution in [2.24, 2.45) is 5.92 Å². The SMILES string of the molecule is C[C@H](C(C(=O)Nc1cc(CCC(=O)O)ccc1Cl)c1ccc2c(c1)CCCC2)C(F)(F)F. The molecule has 0 saturated carbocycles. The Morgan fingerprint density at radius 1 is 1.09 bits per heavy atom. The molecule has 2 aromatic rings. The van der Waals surface area contributed by atoms with Crippen LogP contribution < -0.4 is 5.32 Å². The van der Waals surface area contributed by atoms with E-state index < -0.39 is 29.9 Å². The molecule has 0 saturated heterocycles. The molecule has 1 unspecified atom stereocenters. The van der Waals surface area contributed by atoms with Crippen molar-refractivity contribution >= 4 is 29.2 Å². The molecule has 1 amide bonds. The quantitative estimate of drug-likeness (QED) is 0.512. The van der Waals surface area contributed by atoms with Crippen LogP contribution in [0, 0.1) is 5.92 Å². The Labute approximate surface area is 189 Å². The molecule has 1 aliphatic rings. The maximum absolute atomic E-state index is 13.7. The molecule has 2 aromatic carbocycles. The molecule has 0 radical (unpaired) electrons. The number of amides is 1. The number of carbonyl (C=O) groups excluding carboxylic acids is 1. The van der Waals surface area contributed by atoms with E-state index >= 15 is 0 Å². The molecule has 8 heteroatoms. The lowest BCUT2D eigenvalue weighted by atomic mass is 9.82. The zero-order valence-corrected chi connectivity index (χ0v) is 18.4. The van der Waals surface area contributed by atoms with Crippen molar-refractivity contribution in [2.75, 3.05) is 5.32 Å². The standard InChI is InChI=1S/C24H25ClF3NO3/c1-14(24(26,27)28)22(18-9-8-16-4-2-3-5-17(16)13-18)23(32)29-20-12-15(6-10-19(20)25)7-11-21(30)31/h6,8-10,12-14,22H,2-5,7,11H2,1H3,(H,29,32)(H,30,31)/t14-,22?/m1/s1. The highest BCUT2D eigenvalue weighted by Gasteiger charge is 2.45. The lowest BCUT2D eigenvalue weighted by Crippen LogP contribution is -2.34. The smallest absolute Gasteiger partial charge is 0.392 e. The first-order valence-corrected chi connectivity index (χ1v) is 10.9. The zero-order valence-electron chi connectivity index (χ0n) is 17.6. The van der Waals surface area contributed by atoms with E-state index in [9.17, 15) is 22.8 Å². The van der Waals surface area contributed by atoms with Gasteiger partial charge in [0.25, 0.3) is 0 Å². The van der Waals surface area contributed by atoms with Crippen LogP contribution in [0.4, 0.5) is 18.9 Å². The van der Waals surface area contributed by atoms with Crippen LogP contribution in [-0.4, -0.2) is 23.2 Å². The first-order valence-electron chi connectivity index (χ1n) is 10.6. The Hall–Kier alpha value is -2.54. The highest BCUT2D eigenvalue weighted by molar-refractivity contribution is 6.33. The predicted octanol–water partition coefficient (Wildman–Crippen LogP) is 6.16. The van der Waals surface area contributed by atoms with Gasteiger partial charge in [-0.1, -0.05) is 42.8 Å². The molecular formula is C24H25ClF3NO3. The number of carboxylic acid groups (broad SMARTS) is 1. The third-order valence-electron chi connectivity index (χ3n) is 5.95. The summed E-state index contributed by atoms with van der Waals surface area (Å²) < 4.78 is 41.0. The number of fused-ring (bicyclic) bond motifs is 1. The fourth-order valence-electron chi connectivity index (χ4n) is 4.09. The molecule has 0 fully saturated rings. The van der Waals surface area contributed by atoms with Crippen LogP contribution >= 0.6 is 11.6 Å². The number of halogens is 4. The summed E-state index contributed by atoms with van der Waals surface area (Å²) in [5, 5.41) is 11.6. The minimum absolute atomic E-state index is 0.113. The number of alkyl halides is 3. The molecule has 0 spiro atoms.